The Hall–Kier alpha value is -1.79. The molecule has 3 rings (SSSR count). The average Bonchev–Trinajstić information content (AvgIpc) is 2.95. The molecule has 0 bridgehead atoms. The maximum atomic E-state index is 12.7. The van der Waals surface area contributed by atoms with Gasteiger partial charge < -0.3 is 10.2 Å². The number of rotatable bonds is 5. The molecule has 0 aliphatic carbocycles. The zero-order valence-corrected chi connectivity index (χ0v) is 18.5. The van der Waals surface area contributed by atoms with E-state index in [1.807, 2.05) is 13.8 Å². The van der Waals surface area contributed by atoms with Gasteiger partial charge in [0.2, 0.25) is 5.91 Å². The third-order valence-electron chi connectivity index (χ3n) is 4.70. The predicted octanol–water partition coefficient (Wildman–Crippen LogP) is 3.72. The van der Waals surface area contributed by atoms with Gasteiger partial charge in [0.25, 0.3) is 0 Å². The van der Waals surface area contributed by atoms with E-state index in [0.29, 0.717) is 5.75 Å². The summed E-state index contributed by atoms with van der Waals surface area (Å²) in [4.78, 5) is 21.0. The average molecular weight is 402 g/mol. The fourth-order valence-corrected chi connectivity index (χ4v) is 5.69. The quantitative estimate of drug-likeness (QED) is 0.830. The molecular weight excluding hydrogens is 374 g/mol. The number of thioether (sulfide) groups is 1. The lowest BCUT2D eigenvalue weighted by Crippen LogP contribution is -2.42. The molecule has 27 heavy (non-hydrogen) atoms. The molecule has 1 aromatic heterocycles. The second-order valence-corrected chi connectivity index (χ2v) is 9.24. The zero-order valence-electron chi connectivity index (χ0n) is 16.8. The molecule has 0 spiro atoms. The summed E-state index contributed by atoms with van der Waals surface area (Å²) in [6, 6.07) is 6.40. The van der Waals surface area contributed by atoms with Crippen LogP contribution in [0.15, 0.2) is 23.2 Å². The van der Waals surface area contributed by atoms with E-state index in [1.165, 1.54) is 10.4 Å². The van der Waals surface area contributed by atoms with Crippen LogP contribution >= 0.6 is 23.1 Å². The van der Waals surface area contributed by atoms with E-state index in [4.69, 9.17) is 4.99 Å². The Morgan fingerprint density at radius 1 is 1.22 bits per heavy atom. The van der Waals surface area contributed by atoms with E-state index in [9.17, 15) is 4.79 Å². The molecule has 0 saturated heterocycles. The number of amides is 1. The molecule has 6 heteroatoms. The lowest BCUT2D eigenvalue weighted by atomic mass is 10.1. The molecule has 2 heterocycles. The van der Waals surface area contributed by atoms with Gasteiger partial charge in [0.1, 0.15) is 10.8 Å². The summed E-state index contributed by atoms with van der Waals surface area (Å²) in [5.41, 5.74) is 4.36. The van der Waals surface area contributed by atoms with Crippen LogP contribution in [0.1, 0.15) is 35.4 Å². The molecule has 1 atom stereocenters. The van der Waals surface area contributed by atoms with Crippen LogP contribution in [0.3, 0.4) is 0 Å². The number of carbonyl (C=O) groups is 1. The Labute approximate surface area is 169 Å². The number of anilines is 1. The van der Waals surface area contributed by atoms with Crippen molar-refractivity contribution in [3.63, 3.8) is 0 Å². The van der Waals surface area contributed by atoms with E-state index >= 15 is 0 Å². The van der Waals surface area contributed by atoms with Gasteiger partial charge in [-0.1, -0.05) is 29.5 Å². The summed E-state index contributed by atoms with van der Waals surface area (Å²) in [6.45, 7) is 13.4. The molecule has 1 amide bonds. The Kier molecular flexibility index (Phi) is 5.96. The number of nitrogens with one attached hydrogen (secondary N) is 1. The lowest BCUT2D eigenvalue weighted by molar-refractivity contribution is -0.113. The minimum atomic E-state index is 0.0299. The monoisotopic (exact) mass is 401 g/mol. The summed E-state index contributed by atoms with van der Waals surface area (Å²) in [6.07, 6.45) is 0.104. The number of thiophene rings is 1. The fraction of sp³-hybridized carbons (Fsp3) is 0.429. The summed E-state index contributed by atoms with van der Waals surface area (Å²) >= 11 is 3.33. The van der Waals surface area contributed by atoms with Crippen molar-refractivity contribution in [3.05, 3.63) is 49.7 Å². The molecule has 2 aromatic rings. The van der Waals surface area contributed by atoms with E-state index in [0.717, 1.165) is 38.3 Å². The van der Waals surface area contributed by atoms with Crippen molar-refractivity contribution < 1.29 is 4.79 Å². The van der Waals surface area contributed by atoms with E-state index < -0.39 is 0 Å². The van der Waals surface area contributed by atoms with Crippen LogP contribution in [0.25, 0.3) is 5.03 Å². The van der Waals surface area contributed by atoms with Crippen molar-refractivity contribution in [2.24, 2.45) is 4.99 Å². The molecule has 0 fully saturated rings. The topological polar surface area (TPSA) is 44.7 Å². The number of nitrogens with zero attached hydrogens (tertiary/aromatic N) is 2. The summed E-state index contributed by atoms with van der Waals surface area (Å²) in [5, 5.41) is 5.43. The second-order valence-electron chi connectivity index (χ2n) is 7.04. The zero-order chi connectivity index (χ0) is 19.7. The highest BCUT2D eigenvalue weighted by Crippen LogP contribution is 2.26. The Morgan fingerprint density at radius 2 is 1.89 bits per heavy atom. The molecule has 1 N–H and O–H groups in total. The maximum absolute atomic E-state index is 12.7. The van der Waals surface area contributed by atoms with Gasteiger partial charge in [-0.3, -0.25) is 4.79 Å². The van der Waals surface area contributed by atoms with Crippen LogP contribution in [0, 0.1) is 27.7 Å². The molecule has 144 valence electrons. The van der Waals surface area contributed by atoms with Crippen molar-refractivity contribution in [1.29, 1.82) is 0 Å². The van der Waals surface area contributed by atoms with Gasteiger partial charge in [0, 0.05) is 22.3 Å². The Bertz CT molecular complexity index is 970. The largest absolute Gasteiger partial charge is 0.344 e. The summed E-state index contributed by atoms with van der Waals surface area (Å²) in [5.74, 6) is 0.418. The van der Waals surface area contributed by atoms with Gasteiger partial charge in [-0.05, 0) is 58.7 Å². The van der Waals surface area contributed by atoms with Crippen LogP contribution in [-0.2, 0) is 4.79 Å². The highest BCUT2D eigenvalue weighted by molar-refractivity contribution is 8.08. The van der Waals surface area contributed by atoms with Crippen LogP contribution in [0.2, 0.25) is 0 Å². The van der Waals surface area contributed by atoms with E-state index in [-0.39, 0.29) is 12.1 Å². The van der Waals surface area contributed by atoms with Gasteiger partial charge >= 0.3 is 0 Å². The molecule has 4 nitrogen and oxygen atoms in total. The standard InChI is InChI=1S/C21H27N3OS2/c1-7-24-16(6)22-20-17(10-15(5)27-20)21(24)26-11-18(25)23-19-13(3)8-12(2)9-14(19)4/h8-10,16H,7,11H2,1-6H3,(H,23,25)/t16-/m0/s1. The fourth-order valence-electron chi connectivity index (χ4n) is 3.57. The number of fused-ring (bicyclic) bond motifs is 1. The first-order chi connectivity index (χ1) is 12.8. The minimum absolute atomic E-state index is 0.0299. The number of carbonyl (C=O) groups excluding carboxylic acids is 1. The molecule has 0 unspecified atom stereocenters. The van der Waals surface area contributed by atoms with Crippen molar-refractivity contribution in [1.82, 2.24) is 4.90 Å². The SMILES string of the molecule is CCN1C(SCC(=O)Nc2c(C)cc(C)cc2C)=c2cc(C)sc2=N[C@@H]1C. The lowest BCUT2D eigenvalue weighted by Gasteiger charge is -2.31. The van der Waals surface area contributed by atoms with Crippen molar-refractivity contribution in [3.8, 4) is 0 Å². The number of hydrogen-bond acceptors (Lipinski definition) is 5. The van der Waals surface area contributed by atoms with Crippen LogP contribution < -0.4 is 15.2 Å². The Balaban J connectivity index is 1.81. The van der Waals surface area contributed by atoms with E-state index in [1.54, 1.807) is 23.1 Å². The molecule has 0 radical (unpaired) electrons. The number of benzene rings is 1. The van der Waals surface area contributed by atoms with Gasteiger partial charge in [0.05, 0.1) is 10.8 Å². The minimum Gasteiger partial charge on any atom is -0.344 e. The Morgan fingerprint density at radius 3 is 2.52 bits per heavy atom. The molecule has 1 aliphatic heterocycles. The third-order valence-corrected chi connectivity index (χ3v) is 6.80. The second kappa shape index (κ2) is 8.07. The normalized spacial score (nSPS) is 16.1. The molecule has 1 aromatic carbocycles. The van der Waals surface area contributed by atoms with Gasteiger partial charge in [-0.2, -0.15) is 0 Å². The highest BCUT2D eigenvalue weighted by Gasteiger charge is 2.22. The van der Waals surface area contributed by atoms with Crippen LogP contribution in [0.4, 0.5) is 5.69 Å². The van der Waals surface area contributed by atoms with Gasteiger partial charge in [-0.15, -0.1) is 11.3 Å². The van der Waals surface area contributed by atoms with Gasteiger partial charge in [-0.25, -0.2) is 4.99 Å². The third kappa shape index (κ3) is 4.22. The maximum Gasteiger partial charge on any atom is 0.234 e. The molecule has 0 saturated carbocycles. The first-order valence-electron chi connectivity index (χ1n) is 9.26. The van der Waals surface area contributed by atoms with Crippen LogP contribution in [0.5, 0.6) is 0 Å². The molecular formula is C21H27N3OS2. The van der Waals surface area contributed by atoms with Gasteiger partial charge in [0.15, 0.2) is 0 Å². The number of aryl methyl sites for hydroxylation is 4. The van der Waals surface area contributed by atoms with Crippen molar-refractivity contribution >= 4 is 39.7 Å². The highest BCUT2D eigenvalue weighted by atomic mass is 32.2. The van der Waals surface area contributed by atoms with E-state index in [2.05, 4.69) is 56.1 Å². The first-order valence-corrected chi connectivity index (χ1v) is 11.1. The summed E-state index contributed by atoms with van der Waals surface area (Å²) < 4.78 is 1.08. The predicted molar refractivity (Wildman–Crippen MR) is 117 cm³/mol. The van der Waals surface area contributed by atoms with Crippen molar-refractivity contribution in [2.45, 2.75) is 47.7 Å². The van der Waals surface area contributed by atoms with Crippen LogP contribution in [-0.4, -0.2) is 29.3 Å². The smallest absolute Gasteiger partial charge is 0.234 e. The first kappa shape index (κ1) is 20.0. The van der Waals surface area contributed by atoms with Crippen molar-refractivity contribution in [2.75, 3.05) is 17.6 Å². The number of hydrogen-bond donors (Lipinski definition) is 1. The molecule has 1 aliphatic rings. The summed E-state index contributed by atoms with van der Waals surface area (Å²) in [7, 11) is 0.